The Balaban J connectivity index is 3.14. The van der Waals surface area contributed by atoms with E-state index in [0.29, 0.717) is 13.1 Å². The fourth-order valence-electron chi connectivity index (χ4n) is 2.02. The Kier molecular flexibility index (Phi) is 6.22. The number of hydrogen-bond donors (Lipinski definition) is 0. The lowest BCUT2D eigenvalue weighted by molar-refractivity contribution is 0.271. The highest BCUT2D eigenvalue weighted by Gasteiger charge is 2.28. The van der Waals surface area contributed by atoms with E-state index in [1.807, 2.05) is 25.9 Å². The summed E-state index contributed by atoms with van der Waals surface area (Å²) in [6, 6.07) is 1.17. The lowest BCUT2D eigenvalue weighted by Gasteiger charge is -2.29. The number of halogens is 2. The predicted octanol–water partition coefficient (Wildman–Crippen LogP) is 2.35. The van der Waals surface area contributed by atoms with Crippen LogP contribution in [0.2, 0.25) is 10.2 Å². The maximum atomic E-state index is 12.6. The summed E-state index contributed by atoms with van der Waals surface area (Å²) in [5.74, 6) is 0. The molecule has 0 aliphatic heterocycles. The molecule has 1 unspecified atom stereocenters. The molecule has 1 aromatic rings. The first-order chi connectivity index (χ1) is 9.20. The van der Waals surface area contributed by atoms with Crippen LogP contribution >= 0.6 is 23.2 Å². The van der Waals surface area contributed by atoms with Gasteiger partial charge in [0.05, 0.1) is 5.02 Å². The molecule has 0 radical (unpaired) electrons. The van der Waals surface area contributed by atoms with Gasteiger partial charge in [-0.1, -0.05) is 30.1 Å². The van der Waals surface area contributed by atoms with Gasteiger partial charge in [-0.15, -0.1) is 0 Å². The fraction of sp³-hybridized carbons (Fsp3) is 0.583. The van der Waals surface area contributed by atoms with Crippen LogP contribution in [0.1, 0.15) is 13.8 Å². The third-order valence-corrected chi connectivity index (χ3v) is 5.55. The number of pyridine rings is 1. The zero-order chi connectivity index (χ0) is 15.5. The average molecular weight is 340 g/mol. The van der Waals surface area contributed by atoms with Crippen molar-refractivity contribution in [3.63, 3.8) is 0 Å². The maximum absolute atomic E-state index is 12.6. The summed E-state index contributed by atoms with van der Waals surface area (Å²) in [5, 5.41) is 0.221. The molecule has 1 rings (SSSR count). The van der Waals surface area contributed by atoms with E-state index in [-0.39, 0.29) is 21.1 Å². The highest BCUT2D eigenvalue weighted by atomic mass is 35.5. The lowest BCUT2D eigenvalue weighted by Crippen LogP contribution is -2.43. The Morgan fingerprint density at radius 2 is 1.95 bits per heavy atom. The van der Waals surface area contributed by atoms with Gasteiger partial charge in [-0.3, -0.25) is 0 Å². The summed E-state index contributed by atoms with van der Waals surface area (Å²) in [4.78, 5) is 5.79. The van der Waals surface area contributed by atoms with E-state index in [1.54, 1.807) is 6.92 Å². The van der Waals surface area contributed by atoms with Gasteiger partial charge >= 0.3 is 0 Å². The smallest absolute Gasteiger partial charge is 0.244 e. The van der Waals surface area contributed by atoms with Crippen LogP contribution in [0.25, 0.3) is 0 Å². The van der Waals surface area contributed by atoms with Crippen LogP contribution in [0, 0.1) is 0 Å². The SMILES string of the molecule is CCN(C(C)CN(C)C)S(=O)(=O)c1cnc(Cl)c(Cl)c1. The van der Waals surface area contributed by atoms with E-state index in [0.717, 1.165) is 0 Å². The lowest BCUT2D eigenvalue weighted by atomic mass is 10.3. The standard InChI is InChI=1S/C12H19Cl2N3O2S/c1-5-17(9(2)8-16(3)4)20(18,19)10-6-11(13)12(14)15-7-10/h6-7,9H,5,8H2,1-4H3. The molecule has 0 fully saturated rings. The summed E-state index contributed by atoms with van der Waals surface area (Å²) in [6.07, 6.45) is 1.23. The molecule has 0 amide bonds. The first kappa shape index (κ1) is 17.7. The van der Waals surface area contributed by atoms with Crippen molar-refractivity contribution in [3.05, 3.63) is 22.4 Å². The number of nitrogens with zero attached hydrogens (tertiary/aromatic N) is 3. The number of rotatable bonds is 6. The van der Waals surface area contributed by atoms with Gasteiger partial charge in [0.25, 0.3) is 0 Å². The van der Waals surface area contributed by atoms with E-state index in [9.17, 15) is 8.42 Å². The summed E-state index contributed by atoms with van der Waals surface area (Å²) in [6.45, 7) is 4.67. The maximum Gasteiger partial charge on any atom is 0.244 e. The van der Waals surface area contributed by atoms with E-state index in [4.69, 9.17) is 23.2 Å². The van der Waals surface area contributed by atoms with E-state index >= 15 is 0 Å². The minimum Gasteiger partial charge on any atom is -0.308 e. The second-order valence-electron chi connectivity index (χ2n) is 4.76. The molecule has 114 valence electrons. The molecule has 0 spiro atoms. The molecular formula is C12H19Cl2N3O2S. The molecule has 0 saturated heterocycles. The molecule has 0 aliphatic rings. The minimum atomic E-state index is -3.63. The molecule has 20 heavy (non-hydrogen) atoms. The monoisotopic (exact) mass is 339 g/mol. The van der Waals surface area contributed by atoms with E-state index < -0.39 is 10.0 Å². The Bertz CT molecular complexity index is 564. The number of aromatic nitrogens is 1. The third-order valence-electron chi connectivity index (χ3n) is 2.81. The highest BCUT2D eigenvalue weighted by Crippen LogP contribution is 2.25. The van der Waals surface area contributed by atoms with Gasteiger partial charge < -0.3 is 4.90 Å². The second-order valence-corrected chi connectivity index (χ2v) is 7.42. The number of likely N-dealkylation sites (N-methyl/N-ethyl adjacent to an activating group) is 2. The normalized spacial score (nSPS) is 14.0. The average Bonchev–Trinajstić information content (AvgIpc) is 2.31. The molecule has 1 atom stereocenters. The fourth-order valence-corrected chi connectivity index (χ4v) is 3.96. The Labute approximate surface area is 130 Å². The van der Waals surface area contributed by atoms with Crippen molar-refractivity contribution in [2.24, 2.45) is 0 Å². The molecule has 1 aromatic heterocycles. The summed E-state index contributed by atoms with van der Waals surface area (Å²) in [7, 11) is 0.167. The molecule has 8 heteroatoms. The van der Waals surface area contributed by atoms with Gasteiger partial charge in [0.2, 0.25) is 10.0 Å². The minimum absolute atomic E-state index is 0.0550. The summed E-state index contributed by atoms with van der Waals surface area (Å²) < 4.78 is 26.7. The summed E-state index contributed by atoms with van der Waals surface area (Å²) >= 11 is 11.6. The molecule has 0 aliphatic carbocycles. The van der Waals surface area contributed by atoms with Crippen LogP contribution in [-0.2, 0) is 10.0 Å². The predicted molar refractivity (Wildman–Crippen MR) is 81.8 cm³/mol. The molecule has 0 saturated carbocycles. The van der Waals surface area contributed by atoms with E-state index in [2.05, 4.69) is 4.98 Å². The van der Waals surface area contributed by atoms with Gasteiger partial charge in [0, 0.05) is 25.3 Å². The zero-order valence-electron chi connectivity index (χ0n) is 12.0. The van der Waals surface area contributed by atoms with Crippen molar-refractivity contribution < 1.29 is 8.42 Å². The molecule has 0 aromatic carbocycles. The zero-order valence-corrected chi connectivity index (χ0v) is 14.3. The van der Waals surface area contributed by atoms with Crippen LogP contribution in [0.5, 0.6) is 0 Å². The van der Waals surface area contributed by atoms with Crippen LogP contribution in [-0.4, -0.2) is 55.8 Å². The number of hydrogen-bond acceptors (Lipinski definition) is 4. The van der Waals surface area contributed by atoms with Crippen LogP contribution in [0.4, 0.5) is 0 Å². The quantitative estimate of drug-likeness (QED) is 0.746. The van der Waals surface area contributed by atoms with Crippen molar-refractivity contribution in [1.82, 2.24) is 14.2 Å². The Hall–Kier alpha value is -0.400. The third kappa shape index (κ3) is 4.05. The molecule has 0 N–H and O–H groups in total. The van der Waals surface area contributed by atoms with Crippen LogP contribution in [0.15, 0.2) is 17.2 Å². The topological polar surface area (TPSA) is 53.5 Å². The van der Waals surface area contributed by atoms with Crippen molar-refractivity contribution in [3.8, 4) is 0 Å². The van der Waals surface area contributed by atoms with Gasteiger partial charge in [-0.25, -0.2) is 13.4 Å². The van der Waals surface area contributed by atoms with Gasteiger partial charge in [-0.2, -0.15) is 4.31 Å². The molecule has 5 nitrogen and oxygen atoms in total. The van der Waals surface area contributed by atoms with Crippen molar-refractivity contribution >= 4 is 33.2 Å². The van der Waals surface area contributed by atoms with Crippen LogP contribution in [0.3, 0.4) is 0 Å². The van der Waals surface area contributed by atoms with Crippen LogP contribution < -0.4 is 0 Å². The Morgan fingerprint density at radius 1 is 1.35 bits per heavy atom. The molecular weight excluding hydrogens is 321 g/mol. The largest absolute Gasteiger partial charge is 0.308 e. The summed E-state index contributed by atoms with van der Waals surface area (Å²) in [5.41, 5.74) is 0. The van der Waals surface area contributed by atoms with Gasteiger partial charge in [0.15, 0.2) is 0 Å². The Morgan fingerprint density at radius 3 is 2.40 bits per heavy atom. The molecule has 1 heterocycles. The van der Waals surface area contributed by atoms with E-state index in [1.165, 1.54) is 16.6 Å². The van der Waals surface area contributed by atoms with Gasteiger partial charge in [0.1, 0.15) is 10.0 Å². The highest BCUT2D eigenvalue weighted by molar-refractivity contribution is 7.89. The molecule has 0 bridgehead atoms. The van der Waals surface area contributed by atoms with Crippen molar-refractivity contribution in [2.75, 3.05) is 27.2 Å². The number of sulfonamides is 1. The second kappa shape index (κ2) is 7.04. The first-order valence-corrected chi connectivity index (χ1v) is 8.37. The van der Waals surface area contributed by atoms with Crippen molar-refractivity contribution in [1.29, 1.82) is 0 Å². The van der Waals surface area contributed by atoms with Gasteiger partial charge in [-0.05, 0) is 27.1 Å². The first-order valence-electron chi connectivity index (χ1n) is 6.17. The van der Waals surface area contributed by atoms with Crippen molar-refractivity contribution in [2.45, 2.75) is 24.8 Å².